The van der Waals surface area contributed by atoms with Gasteiger partial charge < -0.3 is 10.1 Å². The first kappa shape index (κ1) is 27.2. The van der Waals surface area contributed by atoms with E-state index in [0.29, 0.717) is 37.0 Å². The van der Waals surface area contributed by atoms with E-state index in [0.717, 1.165) is 15.7 Å². The molecule has 1 N–H and O–H groups in total. The summed E-state index contributed by atoms with van der Waals surface area (Å²) in [6.45, 7) is 5.69. The van der Waals surface area contributed by atoms with Gasteiger partial charge >= 0.3 is 0 Å². The molecule has 0 spiro atoms. The number of ether oxygens (including phenoxy) is 1. The molecule has 7 nitrogen and oxygen atoms in total. The number of nitrogens with one attached hydrogen (secondary N) is 1. The number of aromatic nitrogens is 2. The number of halogens is 3. The fourth-order valence-corrected chi connectivity index (χ4v) is 5.42. The van der Waals surface area contributed by atoms with Crippen molar-refractivity contribution in [2.75, 3.05) is 11.9 Å². The highest BCUT2D eigenvalue weighted by Gasteiger charge is 2.15. The van der Waals surface area contributed by atoms with E-state index >= 15 is 0 Å². The number of amides is 1. The normalized spacial score (nSPS) is 11.4. The second-order valence-electron chi connectivity index (χ2n) is 8.61. The number of nitrogens with zero attached hydrogens (tertiary/aromatic N) is 3. The van der Waals surface area contributed by atoms with Crippen LogP contribution in [0.3, 0.4) is 0 Å². The van der Waals surface area contributed by atoms with Crippen LogP contribution in [0, 0.1) is 6.92 Å². The summed E-state index contributed by atoms with van der Waals surface area (Å²) in [5.74, 6) is 0.760. The summed E-state index contributed by atoms with van der Waals surface area (Å²) in [5.41, 5.74) is 2.81. The molecule has 4 aromatic rings. The first-order chi connectivity index (χ1) is 17.6. The minimum Gasteiger partial charge on any atom is -0.481 e. The van der Waals surface area contributed by atoms with Gasteiger partial charge in [0.2, 0.25) is 0 Å². The first-order valence-electron chi connectivity index (χ1n) is 11.4. The molecule has 1 amide bonds. The molecule has 37 heavy (non-hydrogen) atoms. The summed E-state index contributed by atoms with van der Waals surface area (Å²) in [5, 5.41) is 7.80. The van der Waals surface area contributed by atoms with Crippen molar-refractivity contribution in [2.24, 2.45) is 5.10 Å². The Morgan fingerprint density at radius 2 is 1.81 bits per heavy atom. The van der Waals surface area contributed by atoms with Gasteiger partial charge in [0.05, 0.1) is 26.1 Å². The molecule has 0 aliphatic heterocycles. The van der Waals surface area contributed by atoms with E-state index in [-0.39, 0.29) is 24.0 Å². The molecule has 0 fully saturated rings. The predicted molar refractivity (Wildman–Crippen MR) is 158 cm³/mol. The topological polar surface area (TPSA) is 85.6 Å². The third kappa shape index (κ3) is 6.37. The van der Waals surface area contributed by atoms with Crippen LogP contribution < -0.4 is 15.6 Å². The molecule has 0 atom stereocenters. The van der Waals surface area contributed by atoms with E-state index < -0.39 is 0 Å². The smallest absolute Gasteiger partial charge is 0.282 e. The molecular formula is C27H23Br3N4O3. The molecule has 3 aromatic carbocycles. The number of para-hydroxylation sites is 1. The van der Waals surface area contributed by atoms with Crippen LogP contribution in [0.15, 0.2) is 77.9 Å². The first-order valence-corrected chi connectivity index (χ1v) is 13.8. The average molecular weight is 691 g/mol. The summed E-state index contributed by atoms with van der Waals surface area (Å²) in [7, 11) is 0. The standard InChI is InChI=1S/C27H23Br3N4O3/c1-15(2)26-33-23-9-8-18(28)12-19(23)27(36)34(26)31-13-17-10-20(29)25(21(30)11-17)37-14-24(35)32-22-7-5-4-6-16(22)3/h4-13,15H,14H2,1-3H3,(H,32,35). The zero-order valence-electron chi connectivity index (χ0n) is 20.3. The van der Waals surface area contributed by atoms with Crippen LogP contribution in [0.2, 0.25) is 0 Å². The van der Waals surface area contributed by atoms with Crippen molar-refractivity contribution in [3.05, 3.63) is 95.3 Å². The molecule has 10 heteroatoms. The van der Waals surface area contributed by atoms with E-state index in [4.69, 9.17) is 4.74 Å². The highest BCUT2D eigenvalue weighted by molar-refractivity contribution is 9.11. The van der Waals surface area contributed by atoms with Crippen molar-refractivity contribution in [1.82, 2.24) is 9.66 Å². The Balaban J connectivity index is 1.56. The Morgan fingerprint density at radius 1 is 1.11 bits per heavy atom. The van der Waals surface area contributed by atoms with Crippen LogP contribution in [0.25, 0.3) is 10.9 Å². The second kappa shape index (κ2) is 11.7. The fraction of sp³-hybridized carbons (Fsp3) is 0.185. The zero-order valence-corrected chi connectivity index (χ0v) is 25.0. The SMILES string of the molecule is Cc1ccccc1NC(=O)COc1c(Br)cc(C=Nn2c(C(C)C)nc3ccc(Br)cc3c2=O)cc1Br. The lowest BCUT2D eigenvalue weighted by atomic mass is 10.2. The molecule has 0 saturated carbocycles. The molecule has 4 rings (SSSR count). The quantitative estimate of drug-likeness (QED) is 0.212. The molecule has 0 unspecified atom stereocenters. The maximum Gasteiger partial charge on any atom is 0.282 e. The number of carbonyl (C=O) groups is 1. The fourth-order valence-electron chi connectivity index (χ4n) is 3.60. The Morgan fingerprint density at radius 3 is 2.49 bits per heavy atom. The minimum absolute atomic E-state index is 0.0158. The van der Waals surface area contributed by atoms with Gasteiger partial charge in [-0.15, -0.1) is 0 Å². The highest BCUT2D eigenvalue weighted by Crippen LogP contribution is 2.34. The largest absolute Gasteiger partial charge is 0.481 e. The monoisotopic (exact) mass is 688 g/mol. The van der Waals surface area contributed by atoms with Crippen LogP contribution in [-0.4, -0.2) is 28.4 Å². The minimum atomic E-state index is -0.269. The van der Waals surface area contributed by atoms with Crippen LogP contribution >= 0.6 is 47.8 Å². The number of benzene rings is 3. The molecule has 0 saturated heterocycles. The summed E-state index contributed by atoms with van der Waals surface area (Å²) >= 11 is 10.4. The van der Waals surface area contributed by atoms with E-state index in [9.17, 15) is 9.59 Å². The lowest BCUT2D eigenvalue weighted by Gasteiger charge is -2.13. The number of fused-ring (bicyclic) bond motifs is 1. The van der Waals surface area contributed by atoms with Crippen LogP contribution in [0.4, 0.5) is 5.69 Å². The Bertz CT molecular complexity index is 1560. The molecule has 0 aliphatic rings. The maximum absolute atomic E-state index is 13.2. The van der Waals surface area contributed by atoms with Gasteiger partial charge in [0.25, 0.3) is 11.5 Å². The van der Waals surface area contributed by atoms with Gasteiger partial charge in [0.1, 0.15) is 11.6 Å². The lowest BCUT2D eigenvalue weighted by Crippen LogP contribution is -2.23. The third-order valence-electron chi connectivity index (χ3n) is 5.46. The average Bonchev–Trinajstić information content (AvgIpc) is 2.84. The maximum atomic E-state index is 13.2. The van der Waals surface area contributed by atoms with Crippen molar-refractivity contribution < 1.29 is 9.53 Å². The Kier molecular flexibility index (Phi) is 8.61. The number of anilines is 1. The van der Waals surface area contributed by atoms with Gasteiger partial charge in [-0.25, -0.2) is 4.98 Å². The predicted octanol–water partition coefficient (Wildman–Crippen LogP) is 7.02. The molecule has 0 aliphatic carbocycles. The molecule has 1 aromatic heterocycles. The number of carbonyl (C=O) groups excluding carboxylic acids is 1. The van der Waals surface area contributed by atoms with Crippen molar-refractivity contribution in [3.63, 3.8) is 0 Å². The van der Waals surface area contributed by atoms with Gasteiger partial charge in [-0.05, 0) is 86.3 Å². The number of hydrogen-bond acceptors (Lipinski definition) is 5. The summed E-state index contributed by atoms with van der Waals surface area (Å²) in [4.78, 5) is 30.3. The second-order valence-corrected chi connectivity index (χ2v) is 11.2. The van der Waals surface area contributed by atoms with Gasteiger partial charge in [0, 0.05) is 16.1 Å². The van der Waals surface area contributed by atoms with Gasteiger partial charge in [-0.1, -0.05) is 48.0 Å². The third-order valence-corrected chi connectivity index (χ3v) is 7.13. The number of hydrogen-bond donors (Lipinski definition) is 1. The van der Waals surface area contributed by atoms with Gasteiger partial charge in [-0.3, -0.25) is 9.59 Å². The van der Waals surface area contributed by atoms with E-state index in [1.54, 1.807) is 24.4 Å². The van der Waals surface area contributed by atoms with E-state index in [1.807, 2.05) is 57.2 Å². The van der Waals surface area contributed by atoms with Crippen LogP contribution in [-0.2, 0) is 4.79 Å². The Labute approximate surface area is 239 Å². The molecule has 190 valence electrons. The van der Waals surface area contributed by atoms with E-state index in [2.05, 4.69) is 63.2 Å². The van der Waals surface area contributed by atoms with Gasteiger partial charge in [-0.2, -0.15) is 9.78 Å². The van der Waals surface area contributed by atoms with Gasteiger partial charge in [0.15, 0.2) is 6.61 Å². The van der Waals surface area contributed by atoms with Crippen molar-refractivity contribution in [2.45, 2.75) is 26.7 Å². The summed E-state index contributed by atoms with van der Waals surface area (Å²) in [6, 6.07) is 16.6. The summed E-state index contributed by atoms with van der Waals surface area (Å²) in [6.07, 6.45) is 1.59. The molecular weight excluding hydrogens is 668 g/mol. The number of rotatable bonds is 7. The van der Waals surface area contributed by atoms with Crippen molar-refractivity contribution >= 4 is 76.5 Å². The molecule has 1 heterocycles. The summed E-state index contributed by atoms with van der Waals surface area (Å²) < 4.78 is 9.15. The van der Waals surface area contributed by atoms with Crippen molar-refractivity contribution in [3.8, 4) is 5.75 Å². The Hall–Kier alpha value is -2.82. The lowest BCUT2D eigenvalue weighted by molar-refractivity contribution is -0.118. The van der Waals surface area contributed by atoms with E-state index in [1.165, 1.54) is 4.68 Å². The highest BCUT2D eigenvalue weighted by atomic mass is 79.9. The van der Waals surface area contributed by atoms with Crippen LogP contribution in [0.5, 0.6) is 5.75 Å². The number of aryl methyl sites for hydroxylation is 1. The van der Waals surface area contributed by atoms with Crippen molar-refractivity contribution in [1.29, 1.82) is 0 Å². The molecule has 0 radical (unpaired) electrons. The zero-order chi connectivity index (χ0) is 26.7. The van der Waals surface area contributed by atoms with Crippen LogP contribution in [0.1, 0.15) is 36.7 Å². The molecule has 0 bridgehead atoms.